The second-order valence-corrected chi connectivity index (χ2v) is 6.52. The molecule has 0 saturated carbocycles. The smallest absolute Gasteiger partial charge is 0.122 e. The highest BCUT2D eigenvalue weighted by molar-refractivity contribution is 5.62. The first-order valence-electron chi connectivity index (χ1n) is 8.50. The molecule has 0 bridgehead atoms. The van der Waals surface area contributed by atoms with Crippen molar-refractivity contribution in [1.82, 2.24) is 0 Å². The molecule has 2 N–H and O–H groups in total. The third-order valence-corrected chi connectivity index (χ3v) is 4.48. The van der Waals surface area contributed by atoms with Crippen LogP contribution in [-0.4, -0.2) is 19.7 Å². The maximum absolute atomic E-state index is 6.07. The van der Waals surface area contributed by atoms with Gasteiger partial charge in [0.15, 0.2) is 0 Å². The van der Waals surface area contributed by atoms with Gasteiger partial charge in [-0.05, 0) is 48.1 Å². The Morgan fingerprint density at radius 3 is 2.83 bits per heavy atom. The number of hydrogen-bond donors (Lipinski definition) is 1. The van der Waals surface area contributed by atoms with Crippen LogP contribution in [0.4, 0.5) is 11.4 Å². The number of nitrogens with zero attached hydrogens (tertiary/aromatic N) is 1. The molecule has 23 heavy (non-hydrogen) atoms. The van der Waals surface area contributed by atoms with Gasteiger partial charge >= 0.3 is 0 Å². The molecule has 0 spiro atoms. The van der Waals surface area contributed by atoms with E-state index in [0.29, 0.717) is 12.5 Å². The van der Waals surface area contributed by atoms with Crippen molar-refractivity contribution < 1.29 is 4.74 Å². The Morgan fingerprint density at radius 2 is 2.00 bits per heavy atom. The van der Waals surface area contributed by atoms with Gasteiger partial charge in [-0.3, -0.25) is 0 Å². The molecule has 2 aromatic rings. The molecule has 1 aliphatic heterocycles. The lowest BCUT2D eigenvalue weighted by molar-refractivity contribution is 0.318. The molecule has 0 aliphatic carbocycles. The van der Waals surface area contributed by atoms with Crippen LogP contribution in [0.25, 0.3) is 0 Å². The number of rotatable bonds is 5. The third-order valence-electron chi connectivity index (χ3n) is 4.48. The number of hydrogen-bond acceptors (Lipinski definition) is 3. The summed E-state index contributed by atoms with van der Waals surface area (Å²) in [4.78, 5) is 2.40. The number of aryl methyl sites for hydroxylation is 1. The van der Waals surface area contributed by atoms with E-state index in [1.165, 1.54) is 23.2 Å². The summed E-state index contributed by atoms with van der Waals surface area (Å²) in [6.07, 6.45) is 2.34. The molecule has 0 unspecified atom stereocenters. The molecule has 0 saturated heterocycles. The molecule has 3 rings (SSSR count). The SMILES string of the molecule is CC(C)c1ccccc1OCCN1CCCc2ccc(N)cc21. The van der Waals surface area contributed by atoms with Gasteiger partial charge in [0.2, 0.25) is 0 Å². The number of fused-ring (bicyclic) bond motifs is 1. The summed E-state index contributed by atoms with van der Waals surface area (Å²) in [5.74, 6) is 1.48. The summed E-state index contributed by atoms with van der Waals surface area (Å²) in [5, 5.41) is 0. The Kier molecular flexibility index (Phi) is 4.75. The summed E-state index contributed by atoms with van der Waals surface area (Å²) in [7, 11) is 0. The molecule has 0 amide bonds. The van der Waals surface area contributed by atoms with Crippen molar-refractivity contribution in [2.24, 2.45) is 0 Å². The van der Waals surface area contributed by atoms with Crippen molar-refractivity contribution >= 4 is 11.4 Å². The quantitative estimate of drug-likeness (QED) is 0.840. The molecule has 1 heterocycles. The van der Waals surface area contributed by atoms with Crippen LogP contribution >= 0.6 is 0 Å². The standard InChI is InChI=1S/C20H26N2O/c1-15(2)18-7-3-4-8-20(18)23-13-12-22-11-5-6-16-9-10-17(21)14-19(16)22/h3-4,7-10,14-15H,5-6,11-13,21H2,1-2H3. The fourth-order valence-electron chi connectivity index (χ4n) is 3.25. The first-order chi connectivity index (χ1) is 11.1. The molecule has 0 radical (unpaired) electrons. The molecule has 122 valence electrons. The fourth-order valence-corrected chi connectivity index (χ4v) is 3.25. The van der Waals surface area contributed by atoms with Gasteiger partial charge in [0.1, 0.15) is 12.4 Å². The molecular formula is C20H26N2O. The lowest BCUT2D eigenvalue weighted by Crippen LogP contribution is -2.33. The predicted molar refractivity (Wildman–Crippen MR) is 97.4 cm³/mol. The summed E-state index contributed by atoms with van der Waals surface area (Å²) in [6, 6.07) is 14.6. The monoisotopic (exact) mass is 310 g/mol. The van der Waals surface area contributed by atoms with Crippen molar-refractivity contribution in [2.75, 3.05) is 30.3 Å². The van der Waals surface area contributed by atoms with Crippen LogP contribution in [0.3, 0.4) is 0 Å². The lowest BCUT2D eigenvalue weighted by Gasteiger charge is -2.31. The zero-order valence-electron chi connectivity index (χ0n) is 14.1. The first kappa shape index (κ1) is 15.7. The fraction of sp³-hybridized carbons (Fsp3) is 0.400. The topological polar surface area (TPSA) is 38.5 Å². The number of nitrogen functional groups attached to an aromatic ring is 1. The Bertz CT molecular complexity index is 666. The van der Waals surface area contributed by atoms with Crippen molar-refractivity contribution in [2.45, 2.75) is 32.6 Å². The zero-order valence-corrected chi connectivity index (χ0v) is 14.1. The Labute approximate surface area is 139 Å². The summed E-state index contributed by atoms with van der Waals surface area (Å²) >= 11 is 0. The zero-order chi connectivity index (χ0) is 16.2. The second kappa shape index (κ2) is 6.95. The second-order valence-electron chi connectivity index (χ2n) is 6.52. The van der Waals surface area contributed by atoms with Gasteiger partial charge in [0.05, 0.1) is 6.54 Å². The van der Waals surface area contributed by atoms with E-state index in [0.717, 1.165) is 30.9 Å². The van der Waals surface area contributed by atoms with Gasteiger partial charge in [-0.25, -0.2) is 0 Å². The van der Waals surface area contributed by atoms with Crippen molar-refractivity contribution in [3.05, 3.63) is 53.6 Å². The molecular weight excluding hydrogens is 284 g/mol. The molecule has 0 atom stereocenters. The van der Waals surface area contributed by atoms with Crippen LogP contribution in [0.15, 0.2) is 42.5 Å². The Hall–Kier alpha value is -2.16. The maximum Gasteiger partial charge on any atom is 0.122 e. The molecule has 3 nitrogen and oxygen atoms in total. The largest absolute Gasteiger partial charge is 0.491 e. The Balaban J connectivity index is 1.66. The van der Waals surface area contributed by atoms with Gasteiger partial charge in [-0.15, -0.1) is 0 Å². The average Bonchev–Trinajstić information content (AvgIpc) is 2.55. The van der Waals surface area contributed by atoms with E-state index in [-0.39, 0.29) is 0 Å². The van der Waals surface area contributed by atoms with Crippen molar-refractivity contribution in [3.8, 4) is 5.75 Å². The number of para-hydroxylation sites is 1. The van der Waals surface area contributed by atoms with Crippen LogP contribution in [0, 0.1) is 0 Å². The van der Waals surface area contributed by atoms with Crippen LogP contribution in [-0.2, 0) is 6.42 Å². The average molecular weight is 310 g/mol. The van der Waals surface area contributed by atoms with E-state index in [1.807, 2.05) is 12.1 Å². The van der Waals surface area contributed by atoms with Gasteiger partial charge in [0, 0.05) is 17.9 Å². The summed E-state index contributed by atoms with van der Waals surface area (Å²) in [6.45, 7) is 7.06. The van der Waals surface area contributed by atoms with Gasteiger partial charge in [-0.1, -0.05) is 38.1 Å². The van der Waals surface area contributed by atoms with Gasteiger partial charge in [-0.2, -0.15) is 0 Å². The number of benzene rings is 2. The molecule has 1 aliphatic rings. The Morgan fingerprint density at radius 1 is 1.17 bits per heavy atom. The molecule has 2 aromatic carbocycles. The number of ether oxygens (including phenoxy) is 1. The van der Waals surface area contributed by atoms with Crippen LogP contribution in [0.1, 0.15) is 37.3 Å². The molecule has 0 fully saturated rings. The number of nitrogens with two attached hydrogens (primary N) is 1. The van der Waals surface area contributed by atoms with Gasteiger partial charge < -0.3 is 15.4 Å². The van der Waals surface area contributed by atoms with E-state index in [9.17, 15) is 0 Å². The van der Waals surface area contributed by atoms with E-state index in [2.05, 4.69) is 49.1 Å². The van der Waals surface area contributed by atoms with Gasteiger partial charge in [0.25, 0.3) is 0 Å². The van der Waals surface area contributed by atoms with E-state index >= 15 is 0 Å². The highest BCUT2D eigenvalue weighted by Crippen LogP contribution is 2.29. The first-order valence-corrected chi connectivity index (χ1v) is 8.50. The van der Waals surface area contributed by atoms with Crippen molar-refractivity contribution in [3.63, 3.8) is 0 Å². The highest BCUT2D eigenvalue weighted by Gasteiger charge is 2.17. The van der Waals surface area contributed by atoms with Crippen molar-refractivity contribution in [1.29, 1.82) is 0 Å². The summed E-state index contributed by atoms with van der Waals surface area (Å²) in [5.41, 5.74) is 10.7. The summed E-state index contributed by atoms with van der Waals surface area (Å²) < 4.78 is 6.07. The minimum atomic E-state index is 0.474. The third kappa shape index (κ3) is 3.61. The lowest BCUT2D eigenvalue weighted by atomic mass is 10.0. The molecule has 3 heteroatoms. The highest BCUT2D eigenvalue weighted by atomic mass is 16.5. The van der Waals surface area contributed by atoms with E-state index in [1.54, 1.807) is 0 Å². The minimum absolute atomic E-state index is 0.474. The minimum Gasteiger partial charge on any atom is -0.491 e. The van der Waals surface area contributed by atoms with Crippen LogP contribution in [0.5, 0.6) is 5.75 Å². The predicted octanol–water partition coefficient (Wildman–Crippen LogP) is 4.22. The normalized spacial score (nSPS) is 14.0. The van der Waals surface area contributed by atoms with E-state index in [4.69, 9.17) is 10.5 Å². The van der Waals surface area contributed by atoms with Crippen LogP contribution in [0.2, 0.25) is 0 Å². The maximum atomic E-state index is 6.07. The molecule has 0 aromatic heterocycles. The van der Waals surface area contributed by atoms with E-state index < -0.39 is 0 Å². The van der Waals surface area contributed by atoms with Crippen LogP contribution < -0.4 is 15.4 Å². The number of anilines is 2.